The first-order valence-corrected chi connectivity index (χ1v) is 3.81. The van der Waals surface area contributed by atoms with Crippen LogP contribution in [0.25, 0.3) is 0 Å². The van der Waals surface area contributed by atoms with E-state index in [9.17, 15) is 4.79 Å². The van der Waals surface area contributed by atoms with Crippen LogP contribution in [0.2, 0.25) is 0 Å². The minimum absolute atomic E-state index is 0.0408. The zero-order valence-electron chi connectivity index (χ0n) is 6.84. The van der Waals surface area contributed by atoms with Crippen molar-refractivity contribution in [1.82, 2.24) is 5.32 Å². The lowest BCUT2D eigenvalue weighted by Gasteiger charge is -2.08. The average molecular weight is 160 g/mol. The third-order valence-electron chi connectivity index (χ3n) is 1.44. The topological polar surface area (TPSA) is 75.4 Å². The number of nitrogens with two attached hydrogens (primary N) is 1. The number of carbonyl (C=O) groups is 1. The van der Waals surface area contributed by atoms with E-state index in [0.29, 0.717) is 19.5 Å². The van der Waals surface area contributed by atoms with Crippen molar-refractivity contribution >= 4 is 5.91 Å². The van der Waals surface area contributed by atoms with Crippen molar-refractivity contribution in [3.05, 3.63) is 0 Å². The highest BCUT2D eigenvalue weighted by molar-refractivity contribution is 5.78. The molecule has 0 fully saturated rings. The Hall–Kier alpha value is -0.610. The Morgan fingerprint density at radius 1 is 1.73 bits per heavy atom. The number of rotatable bonds is 5. The van der Waals surface area contributed by atoms with Crippen LogP contribution in [0.1, 0.15) is 13.3 Å². The van der Waals surface area contributed by atoms with E-state index in [1.165, 1.54) is 0 Å². The fourth-order valence-corrected chi connectivity index (χ4v) is 0.572. The molecule has 0 saturated carbocycles. The standard InChI is InChI=1S/C7H16N2O2/c1-6(5-8)7(11)9-3-2-4-10/h6,10H,2-5,8H2,1H3,(H,9,11). The third kappa shape index (κ3) is 4.75. The second-order valence-corrected chi connectivity index (χ2v) is 2.50. The quantitative estimate of drug-likeness (QED) is 0.455. The van der Waals surface area contributed by atoms with Crippen molar-refractivity contribution in [2.75, 3.05) is 19.7 Å². The Balaban J connectivity index is 3.36. The highest BCUT2D eigenvalue weighted by Gasteiger charge is 2.08. The molecule has 66 valence electrons. The van der Waals surface area contributed by atoms with Gasteiger partial charge in [0.25, 0.3) is 0 Å². The summed E-state index contributed by atoms with van der Waals surface area (Å²) in [4.78, 5) is 11.0. The first kappa shape index (κ1) is 10.4. The molecule has 11 heavy (non-hydrogen) atoms. The molecule has 0 heterocycles. The van der Waals surface area contributed by atoms with Crippen LogP contribution in [-0.2, 0) is 4.79 Å². The molecule has 0 aromatic carbocycles. The maximum atomic E-state index is 11.0. The molecule has 4 nitrogen and oxygen atoms in total. The van der Waals surface area contributed by atoms with Crippen LogP contribution in [0.3, 0.4) is 0 Å². The lowest BCUT2D eigenvalue weighted by atomic mass is 10.2. The first-order valence-electron chi connectivity index (χ1n) is 3.81. The summed E-state index contributed by atoms with van der Waals surface area (Å²) in [5.74, 6) is -0.172. The maximum Gasteiger partial charge on any atom is 0.224 e. The van der Waals surface area contributed by atoms with Crippen molar-refractivity contribution in [2.24, 2.45) is 11.7 Å². The van der Waals surface area contributed by atoms with Gasteiger partial charge in [-0.15, -0.1) is 0 Å². The molecule has 0 aromatic rings. The van der Waals surface area contributed by atoms with Gasteiger partial charge < -0.3 is 16.2 Å². The summed E-state index contributed by atoms with van der Waals surface area (Å²) in [6, 6.07) is 0. The largest absolute Gasteiger partial charge is 0.396 e. The van der Waals surface area contributed by atoms with Crippen LogP contribution in [0.15, 0.2) is 0 Å². The van der Waals surface area contributed by atoms with E-state index in [2.05, 4.69) is 5.32 Å². The molecule has 4 heteroatoms. The molecule has 1 amide bonds. The van der Waals surface area contributed by atoms with Crippen molar-refractivity contribution in [1.29, 1.82) is 0 Å². The van der Waals surface area contributed by atoms with Gasteiger partial charge >= 0.3 is 0 Å². The molecule has 0 spiro atoms. The highest BCUT2D eigenvalue weighted by Crippen LogP contribution is 1.89. The minimum atomic E-state index is -0.131. The van der Waals surface area contributed by atoms with E-state index >= 15 is 0 Å². The van der Waals surface area contributed by atoms with E-state index in [1.807, 2.05) is 0 Å². The normalized spacial score (nSPS) is 12.6. The number of aliphatic hydroxyl groups excluding tert-OH is 1. The van der Waals surface area contributed by atoms with Crippen molar-refractivity contribution < 1.29 is 9.90 Å². The zero-order valence-corrected chi connectivity index (χ0v) is 6.84. The summed E-state index contributed by atoms with van der Waals surface area (Å²) in [6.07, 6.45) is 0.600. The summed E-state index contributed by atoms with van der Waals surface area (Å²) in [5, 5.41) is 11.1. The molecule has 1 unspecified atom stereocenters. The van der Waals surface area contributed by atoms with E-state index in [-0.39, 0.29) is 18.4 Å². The number of aliphatic hydroxyl groups is 1. The Morgan fingerprint density at radius 2 is 2.36 bits per heavy atom. The van der Waals surface area contributed by atoms with Crippen LogP contribution in [0.4, 0.5) is 0 Å². The van der Waals surface area contributed by atoms with Crippen molar-refractivity contribution in [3.63, 3.8) is 0 Å². The Bertz CT molecular complexity index is 117. The van der Waals surface area contributed by atoms with Crippen LogP contribution in [-0.4, -0.2) is 30.7 Å². The molecule has 0 aliphatic heterocycles. The second-order valence-electron chi connectivity index (χ2n) is 2.50. The minimum Gasteiger partial charge on any atom is -0.396 e. The molecular formula is C7H16N2O2. The van der Waals surface area contributed by atoms with E-state index < -0.39 is 0 Å². The first-order chi connectivity index (χ1) is 5.22. The van der Waals surface area contributed by atoms with Gasteiger partial charge in [-0.2, -0.15) is 0 Å². The Morgan fingerprint density at radius 3 is 2.82 bits per heavy atom. The van der Waals surface area contributed by atoms with Gasteiger partial charge in [0.05, 0.1) is 0 Å². The van der Waals surface area contributed by atoms with Gasteiger partial charge in [0.2, 0.25) is 5.91 Å². The predicted molar refractivity (Wildman–Crippen MR) is 42.9 cm³/mol. The van der Waals surface area contributed by atoms with Gasteiger partial charge in [-0.3, -0.25) is 4.79 Å². The smallest absolute Gasteiger partial charge is 0.224 e. The van der Waals surface area contributed by atoms with Gasteiger partial charge in [0.15, 0.2) is 0 Å². The SMILES string of the molecule is CC(CN)C(=O)NCCCO. The summed E-state index contributed by atoms with van der Waals surface area (Å²) in [5.41, 5.74) is 5.27. The molecule has 0 rings (SSSR count). The van der Waals surface area contributed by atoms with E-state index in [4.69, 9.17) is 10.8 Å². The number of hydrogen-bond donors (Lipinski definition) is 3. The van der Waals surface area contributed by atoms with Crippen molar-refractivity contribution in [2.45, 2.75) is 13.3 Å². The average Bonchev–Trinajstić information content (AvgIpc) is 2.03. The van der Waals surface area contributed by atoms with Gasteiger partial charge in [-0.05, 0) is 6.42 Å². The summed E-state index contributed by atoms with van der Waals surface area (Å²) >= 11 is 0. The molecule has 0 aliphatic rings. The fourth-order valence-electron chi connectivity index (χ4n) is 0.572. The molecule has 0 aliphatic carbocycles. The molecule has 0 bridgehead atoms. The third-order valence-corrected chi connectivity index (χ3v) is 1.44. The highest BCUT2D eigenvalue weighted by atomic mass is 16.3. The van der Waals surface area contributed by atoms with Gasteiger partial charge in [-0.1, -0.05) is 6.92 Å². The molecular weight excluding hydrogens is 144 g/mol. The van der Waals surface area contributed by atoms with Gasteiger partial charge in [-0.25, -0.2) is 0 Å². The van der Waals surface area contributed by atoms with Gasteiger partial charge in [0.1, 0.15) is 0 Å². The molecule has 0 aromatic heterocycles. The molecule has 4 N–H and O–H groups in total. The number of carbonyl (C=O) groups excluding carboxylic acids is 1. The number of hydrogen-bond acceptors (Lipinski definition) is 3. The summed E-state index contributed by atoms with van der Waals surface area (Å²) in [6.45, 7) is 2.77. The van der Waals surface area contributed by atoms with Crippen LogP contribution < -0.4 is 11.1 Å². The van der Waals surface area contributed by atoms with Crippen molar-refractivity contribution in [3.8, 4) is 0 Å². The van der Waals surface area contributed by atoms with Gasteiger partial charge in [0, 0.05) is 25.6 Å². The Labute approximate surface area is 66.8 Å². The van der Waals surface area contributed by atoms with E-state index in [0.717, 1.165) is 0 Å². The van der Waals surface area contributed by atoms with E-state index in [1.54, 1.807) is 6.92 Å². The monoisotopic (exact) mass is 160 g/mol. The summed E-state index contributed by atoms with van der Waals surface area (Å²) < 4.78 is 0. The van der Waals surface area contributed by atoms with Crippen LogP contribution in [0, 0.1) is 5.92 Å². The maximum absolute atomic E-state index is 11.0. The number of amides is 1. The summed E-state index contributed by atoms with van der Waals surface area (Å²) in [7, 11) is 0. The molecule has 1 atom stereocenters. The lowest BCUT2D eigenvalue weighted by molar-refractivity contribution is -0.124. The molecule has 0 radical (unpaired) electrons. The zero-order chi connectivity index (χ0) is 8.69. The van der Waals surface area contributed by atoms with Crippen LogP contribution in [0.5, 0.6) is 0 Å². The Kier molecular flexibility index (Phi) is 5.78. The molecule has 0 saturated heterocycles. The fraction of sp³-hybridized carbons (Fsp3) is 0.857. The lowest BCUT2D eigenvalue weighted by Crippen LogP contribution is -2.34. The predicted octanol–water partition coefficient (Wildman–Crippen LogP) is -0.920. The second kappa shape index (κ2) is 6.12. The van der Waals surface area contributed by atoms with Crippen LogP contribution >= 0.6 is 0 Å². The number of nitrogens with one attached hydrogen (secondary N) is 1.